The van der Waals surface area contributed by atoms with E-state index in [0.29, 0.717) is 6.54 Å². The first-order valence-electron chi connectivity index (χ1n) is 5.98. The van der Waals surface area contributed by atoms with E-state index in [9.17, 15) is 8.42 Å². The van der Waals surface area contributed by atoms with Crippen molar-refractivity contribution >= 4 is 21.6 Å². The molecule has 2 rings (SSSR count). The summed E-state index contributed by atoms with van der Waals surface area (Å²) in [5.41, 5.74) is 5.23. The summed E-state index contributed by atoms with van der Waals surface area (Å²) in [6, 6.07) is 6.43. The summed E-state index contributed by atoms with van der Waals surface area (Å²) < 4.78 is 27.4. The second kappa shape index (κ2) is 5.17. The molecule has 4 nitrogen and oxygen atoms in total. The number of nitrogens with two attached hydrogens (primary N) is 1. The van der Waals surface area contributed by atoms with Gasteiger partial charge >= 0.3 is 0 Å². The van der Waals surface area contributed by atoms with Crippen LogP contribution >= 0.6 is 11.6 Å². The summed E-state index contributed by atoms with van der Waals surface area (Å²) in [6.07, 6.45) is 3.57. The normalized spacial score (nSPS) is 19.0. The van der Waals surface area contributed by atoms with E-state index in [1.54, 1.807) is 18.2 Å². The van der Waals surface area contributed by atoms with Gasteiger partial charge in [0.25, 0.3) is 0 Å². The molecule has 1 saturated carbocycles. The van der Waals surface area contributed by atoms with E-state index in [2.05, 4.69) is 4.72 Å². The molecule has 18 heavy (non-hydrogen) atoms. The zero-order valence-electron chi connectivity index (χ0n) is 10.0. The predicted octanol–water partition coefficient (Wildman–Crippen LogP) is 1.89. The molecule has 0 aliphatic heterocycles. The first kappa shape index (κ1) is 13.8. The van der Waals surface area contributed by atoms with Crippen LogP contribution in [0, 0.1) is 0 Å². The van der Waals surface area contributed by atoms with Crippen LogP contribution in [0.25, 0.3) is 0 Å². The fraction of sp³-hybridized carbons (Fsp3) is 0.500. The van der Waals surface area contributed by atoms with Gasteiger partial charge in [-0.1, -0.05) is 36.6 Å². The lowest BCUT2D eigenvalue weighted by Crippen LogP contribution is -2.51. The van der Waals surface area contributed by atoms with E-state index in [4.69, 9.17) is 17.3 Å². The topological polar surface area (TPSA) is 72.2 Å². The Balaban J connectivity index is 2.30. The summed E-state index contributed by atoms with van der Waals surface area (Å²) in [7, 11) is -3.61. The van der Waals surface area contributed by atoms with Gasteiger partial charge in [-0.3, -0.25) is 0 Å². The minimum absolute atomic E-state index is 0.117. The molecule has 100 valence electrons. The number of halogens is 1. The molecule has 0 radical (unpaired) electrons. The van der Waals surface area contributed by atoms with E-state index < -0.39 is 15.6 Å². The van der Waals surface area contributed by atoms with Gasteiger partial charge in [0.2, 0.25) is 10.0 Å². The Morgan fingerprint density at radius 2 is 1.89 bits per heavy atom. The Kier molecular flexibility index (Phi) is 3.96. The Bertz CT molecular complexity index is 525. The smallest absolute Gasteiger partial charge is 0.242 e. The first-order chi connectivity index (χ1) is 8.49. The molecule has 0 unspecified atom stereocenters. The van der Waals surface area contributed by atoms with Crippen molar-refractivity contribution in [3.63, 3.8) is 0 Å². The first-order valence-corrected chi connectivity index (χ1v) is 7.84. The number of hydrogen-bond acceptors (Lipinski definition) is 3. The molecule has 1 aromatic carbocycles. The Morgan fingerprint density at radius 1 is 1.28 bits per heavy atom. The van der Waals surface area contributed by atoms with Crippen LogP contribution in [-0.2, 0) is 10.0 Å². The second-order valence-electron chi connectivity index (χ2n) is 4.73. The lowest BCUT2D eigenvalue weighted by Gasteiger charge is -2.28. The number of sulfonamides is 1. The van der Waals surface area contributed by atoms with Gasteiger partial charge in [-0.15, -0.1) is 0 Å². The zero-order chi connectivity index (χ0) is 13.2. The van der Waals surface area contributed by atoms with Crippen LogP contribution in [0.15, 0.2) is 29.2 Å². The van der Waals surface area contributed by atoms with Crippen molar-refractivity contribution in [3.8, 4) is 0 Å². The molecular weight excluding hydrogens is 272 g/mol. The third-order valence-electron chi connectivity index (χ3n) is 3.43. The molecule has 0 bridgehead atoms. The predicted molar refractivity (Wildman–Crippen MR) is 72.0 cm³/mol. The SMILES string of the molecule is NCC1(NS(=O)(=O)c2ccccc2Cl)CCCC1. The van der Waals surface area contributed by atoms with Crippen LogP contribution in [0.1, 0.15) is 25.7 Å². The van der Waals surface area contributed by atoms with Gasteiger partial charge in [-0.05, 0) is 25.0 Å². The van der Waals surface area contributed by atoms with E-state index in [-0.39, 0.29) is 9.92 Å². The van der Waals surface area contributed by atoms with Gasteiger partial charge in [0.1, 0.15) is 4.90 Å². The maximum absolute atomic E-state index is 12.3. The minimum Gasteiger partial charge on any atom is -0.329 e. The van der Waals surface area contributed by atoms with Crippen molar-refractivity contribution in [2.24, 2.45) is 5.73 Å². The number of benzene rings is 1. The zero-order valence-corrected chi connectivity index (χ0v) is 11.6. The van der Waals surface area contributed by atoms with Crippen LogP contribution in [-0.4, -0.2) is 20.5 Å². The molecule has 6 heteroatoms. The van der Waals surface area contributed by atoms with E-state index in [0.717, 1.165) is 25.7 Å². The minimum atomic E-state index is -3.61. The van der Waals surface area contributed by atoms with Crippen molar-refractivity contribution in [3.05, 3.63) is 29.3 Å². The van der Waals surface area contributed by atoms with Crippen molar-refractivity contribution in [2.45, 2.75) is 36.1 Å². The highest BCUT2D eigenvalue weighted by Crippen LogP contribution is 2.31. The second-order valence-corrected chi connectivity index (χ2v) is 6.79. The highest BCUT2D eigenvalue weighted by Gasteiger charge is 2.37. The van der Waals surface area contributed by atoms with Crippen LogP contribution in [0.2, 0.25) is 5.02 Å². The number of hydrogen-bond donors (Lipinski definition) is 2. The Morgan fingerprint density at radius 3 is 2.44 bits per heavy atom. The summed E-state index contributed by atoms with van der Waals surface area (Å²) in [5, 5.41) is 0.232. The van der Waals surface area contributed by atoms with Gasteiger partial charge in [0, 0.05) is 12.1 Å². The third kappa shape index (κ3) is 2.69. The lowest BCUT2D eigenvalue weighted by molar-refractivity contribution is 0.399. The molecule has 1 aromatic rings. The van der Waals surface area contributed by atoms with Crippen LogP contribution in [0.5, 0.6) is 0 Å². The van der Waals surface area contributed by atoms with E-state index >= 15 is 0 Å². The Labute approximate surface area is 113 Å². The summed E-state index contributed by atoms with van der Waals surface area (Å²) in [4.78, 5) is 0.117. The summed E-state index contributed by atoms with van der Waals surface area (Å²) in [5.74, 6) is 0. The summed E-state index contributed by atoms with van der Waals surface area (Å²) >= 11 is 5.93. The molecular formula is C12H17ClN2O2S. The fourth-order valence-electron chi connectivity index (χ4n) is 2.40. The maximum atomic E-state index is 12.3. The van der Waals surface area contributed by atoms with Crippen molar-refractivity contribution in [1.82, 2.24) is 4.72 Å². The van der Waals surface area contributed by atoms with E-state index in [1.165, 1.54) is 6.07 Å². The van der Waals surface area contributed by atoms with Gasteiger partial charge in [0.05, 0.1) is 5.02 Å². The molecule has 1 aliphatic carbocycles. The van der Waals surface area contributed by atoms with Crippen molar-refractivity contribution in [2.75, 3.05) is 6.54 Å². The largest absolute Gasteiger partial charge is 0.329 e. The quantitative estimate of drug-likeness (QED) is 0.889. The highest BCUT2D eigenvalue weighted by atomic mass is 35.5. The van der Waals surface area contributed by atoms with E-state index in [1.807, 2.05) is 0 Å². The molecule has 0 spiro atoms. The third-order valence-corrected chi connectivity index (χ3v) is 5.51. The Hall–Kier alpha value is -0.620. The lowest BCUT2D eigenvalue weighted by atomic mass is 10.0. The number of nitrogens with one attached hydrogen (secondary N) is 1. The van der Waals surface area contributed by atoms with Crippen molar-refractivity contribution < 1.29 is 8.42 Å². The summed E-state index contributed by atoms with van der Waals surface area (Å²) in [6.45, 7) is 0.316. The van der Waals surface area contributed by atoms with Crippen LogP contribution < -0.4 is 10.5 Å². The fourth-order valence-corrected chi connectivity index (χ4v) is 4.39. The van der Waals surface area contributed by atoms with Crippen molar-refractivity contribution in [1.29, 1.82) is 0 Å². The molecule has 0 aromatic heterocycles. The monoisotopic (exact) mass is 288 g/mol. The maximum Gasteiger partial charge on any atom is 0.242 e. The molecule has 0 heterocycles. The molecule has 1 aliphatic rings. The molecule has 1 fully saturated rings. The molecule has 0 atom stereocenters. The van der Waals surface area contributed by atoms with Crippen LogP contribution in [0.3, 0.4) is 0 Å². The van der Waals surface area contributed by atoms with Gasteiger partial charge in [-0.25, -0.2) is 13.1 Å². The molecule has 0 saturated heterocycles. The standard InChI is InChI=1S/C12H17ClN2O2S/c13-10-5-1-2-6-11(10)18(16,17)15-12(9-14)7-3-4-8-12/h1-2,5-6,15H,3-4,7-9,14H2. The average molecular weight is 289 g/mol. The highest BCUT2D eigenvalue weighted by molar-refractivity contribution is 7.89. The van der Waals surface area contributed by atoms with Crippen LogP contribution in [0.4, 0.5) is 0 Å². The number of rotatable bonds is 4. The average Bonchev–Trinajstić information content (AvgIpc) is 2.78. The molecule has 0 amide bonds. The molecule has 3 N–H and O–H groups in total. The van der Waals surface area contributed by atoms with Gasteiger partial charge < -0.3 is 5.73 Å². The van der Waals surface area contributed by atoms with Gasteiger partial charge in [-0.2, -0.15) is 0 Å². The van der Waals surface area contributed by atoms with Gasteiger partial charge in [0.15, 0.2) is 0 Å².